The van der Waals surface area contributed by atoms with Crippen molar-refractivity contribution >= 4 is 11.9 Å². The van der Waals surface area contributed by atoms with Crippen LogP contribution in [0.5, 0.6) is 0 Å². The Balaban J connectivity index is 1.86. The number of hydrogen-bond acceptors (Lipinski definition) is 8. The third-order valence-electron chi connectivity index (χ3n) is 5.82. The van der Waals surface area contributed by atoms with E-state index >= 15 is 0 Å². The largest absolute Gasteiger partial charge is 0.471 e. The second-order valence-corrected chi connectivity index (χ2v) is 7.32. The number of fused-ring (bicyclic) bond motifs is 2. The van der Waals surface area contributed by atoms with Gasteiger partial charge in [-0.3, -0.25) is 0 Å². The van der Waals surface area contributed by atoms with Crippen LogP contribution in [0, 0.1) is 23.7 Å². The molecule has 164 valence electrons. The molecule has 3 aliphatic rings. The van der Waals surface area contributed by atoms with Crippen molar-refractivity contribution < 1.29 is 38.0 Å². The minimum Gasteiger partial charge on any atom is -0.471 e. The standard InChI is InChI=1S/C22H28O8/c1-5-13-15-7-9-27-20(24)18-12-30-22(26-4)14(6-2)16(18)8-10-28-19(23)17(15)11-29-21(13)25-3/h5-6,11-16,21-22H,1-2,7-10H2,3-4H3/t13-,14-,15+,16+,21-,22+/m1/s1. The van der Waals surface area contributed by atoms with E-state index in [0.29, 0.717) is 24.0 Å². The summed E-state index contributed by atoms with van der Waals surface area (Å²) in [4.78, 5) is 25.6. The third-order valence-corrected chi connectivity index (χ3v) is 5.82. The van der Waals surface area contributed by atoms with Crippen LogP contribution in [0.15, 0.2) is 49.0 Å². The first-order chi connectivity index (χ1) is 14.5. The van der Waals surface area contributed by atoms with E-state index in [1.54, 1.807) is 12.2 Å². The predicted molar refractivity (Wildman–Crippen MR) is 105 cm³/mol. The highest BCUT2D eigenvalue weighted by atomic mass is 16.7. The fraction of sp³-hybridized carbons (Fsp3) is 0.545. The topological polar surface area (TPSA) is 89.5 Å². The van der Waals surface area contributed by atoms with Gasteiger partial charge in [0, 0.05) is 37.9 Å². The van der Waals surface area contributed by atoms with Gasteiger partial charge in [-0.25, -0.2) is 9.59 Å². The van der Waals surface area contributed by atoms with Gasteiger partial charge in [0.25, 0.3) is 0 Å². The Hall–Kier alpha value is -2.58. The van der Waals surface area contributed by atoms with E-state index in [-0.39, 0.29) is 36.9 Å². The molecule has 0 N–H and O–H groups in total. The van der Waals surface area contributed by atoms with Crippen LogP contribution in [0.4, 0.5) is 0 Å². The normalized spacial score (nSPS) is 34.6. The highest BCUT2D eigenvalue weighted by molar-refractivity contribution is 5.90. The van der Waals surface area contributed by atoms with Crippen LogP contribution in [0.1, 0.15) is 12.8 Å². The average Bonchev–Trinajstić information content (AvgIpc) is 2.76. The summed E-state index contributed by atoms with van der Waals surface area (Å²) in [5, 5.41) is 0. The molecule has 3 rings (SSSR count). The molecule has 0 spiro atoms. The summed E-state index contributed by atoms with van der Waals surface area (Å²) in [5.74, 6) is -2.14. The maximum Gasteiger partial charge on any atom is 0.337 e. The molecule has 1 fully saturated rings. The minimum atomic E-state index is -0.578. The van der Waals surface area contributed by atoms with E-state index in [1.165, 1.54) is 26.7 Å². The van der Waals surface area contributed by atoms with E-state index in [9.17, 15) is 9.59 Å². The van der Waals surface area contributed by atoms with E-state index < -0.39 is 24.5 Å². The van der Waals surface area contributed by atoms with Crippen molar-refractivity contribution in [1.29, 1.82) is 0 Å². The van der Waals surface area contributed by atoms with Crippen LogP contribution in [0.3, 0.4) is 0 Å². The van der Waals surface area contributed by atoms with Gasteiger partial charge in [-0.15, -0.1) is 13.2 Å². The quantitative estimate of drug-likeness (QED) is 0.506. The fourth-order valence-corrected chi connectivity index (χ4v) is 4.23. The Morgan fingerprint density at radius 3 is 1.57 bits per heavy atom. The summed E-state index contributed by atoms with van der Waals surface area (Å²) in [6.45, 7) is 7.88. The molecular weight excluding hydrogens is 392 g/mol. The SMILES string of the molecule is C=C[C@H]1[C@H](OC)OC=C2C(=O)OCC[C@@H]3C(=CO[C@H](OC)[C@@H]3C=C)C(=O)OCC[C@H]21. The average molecular weight is 420 g/mol. The van der Waals surface area contributed by atoms with E-state index in [2.05, 4.69) is 13.2 Å². The molecular formula is C22H28O8. The van der Waals surface area contributed by atoms with Gasteiger partial charge < -0.3 is 28.4 Å². The molecule has 0 unspecified atom stereocenters. The molecule has 3 aliphatic heterocycles. The first kappa shape index (κ1) is 22.1. The van der Waals surface area contributed by atoms with Gasteiger partial charge in [0.2, 0.25) is 12.6 Å². The smallest absolute Gasteiger partial charge is 0.337 e. The zero-order valence-electron chi connectivity index (χ0n) is 17.3. The number of esters is 2. The number of hydrogen-bond donors (Lipinski definition) is 0. The summed E-state index contributed by atoms with van der Waals surface area (Å²) in [5.41, 5.74) is 0.755. The highest BCUT2D eigenvalue weighted by Crippen LogP contribution is 2.38. The van der Waals surface area contributed by atoms with E-state index in [0.717, 1.165) is 0 Å². The number of ether oxygens (including phenoxy) is 6. The zero-order chi connectivity index (χ0) is 21.7. The highest BCUT2D eigenvalue weighted by Gasteiger charge is 2.41. The molecule has 30 heavy (non-hydrogen) atoms. The molecule has 0 saturated carbocycles. The van der Waals surface area contributed by atoms with Crippen molar-refractivity contribution in [1.82, 2.24) is 0 Å². The third kappa shape index (κ3) is 4.29. The molecule has 0 bridgehead atoms. The number of carbonyl (C=O) groups is 2. The van der Waals surface area contributed by atoms with Crippen LogP contribution in [-0.2, 0) is 38.0 Å². The van der Waals surface area contributed by atoms with E-state index in [4.69, 9.17) is 28.4 Å². The van der Waals surface area contributed by atoms with Crippen LogP contribution in [0.2, 0.25) is 0 Å². The molecule has 8 heteroatoms. The van der Waals surface area contributed by atoms with Gasteiger partial charge in [-0.2, -0.15) is 0 Å². The molecule has 6 atom stereocenters. The van der Waals surface area contributed by atoms with Gasteiger partial charge in [-0.05, 0) is 12.8 Å². The summed E-state index contributed by atoms with van der Waals surface area (Å²) in [6, 6.07) is 0. The summed E-state index contributed by atoms with van der Waals surface area (Å²) in [7, 11) is 3.04. The van der Waals surface area contributed by atoms with Gasteiger partial charge in [0.15, 0.2) is 0 Å². The van der Waals surface area contributed by atoms with Crippen LogP contribution in [-0.4, -0.2) is 52.0 Å². The molecule has 0 aromatic heterocycles. The van der Waals surface area contributed by atoms with Gasteiger partial charge in [0.1, 0.15) is 0 Å². The fourth-order valence-electron chi connectivity index (χ4n) is 4.23. The van der Waals surface area contributed by atoms with Gasteiger partial charge >= 0.3 is 11.9 Å². The van der Waals surface area contributed by atoms with Crippen LogP contribution >= 0.6 is 0 Å². The van der Waals surface area contributed by atoms with Gasteiger partial charge in [-0.1, -0.05) is 12.2 Å². The van der Waals surface area contributed by atoms with Crippen molar-refractivity contribution in [3.8, 4) is 0 Å². The summed E-state index contributed by atoms with van der Waals surface area (Å²) < 4.78 is 32.8. The van der Waals surface area contributed by atoms with Gasteiger partial charge in [0.05, 0.1) is 36.9 Å². The molecule has 3 heterocycles. The predicted octanol–water partition coefficient (Wildman–Crippen LogP) is 2.48. The first-order valence-electron chi connectivity index (χ1n) is 9.91. The van der Waals surface area contributed by atoms with Crippen molar-refractivity contribution in [3.05, 3.63) is 49.0 Å². The maximum absolute atomic E-state index is 12.8. The van der Waals surface area contributed by atoms with Crippen molar-refractivity contribution in [2.45, 2.75) is 25.4 Å². The monoisotopic (exact) mass is 420 g/mol. The Morgan fingerprint density at radius 1 is 0.833 bits per heavy atom. The molecule has 0 aromatic rings. The second-order valence-electron chi connectivity index (χ2n) is 7.32. The maximum atomic E-state index is 12.8. The van der Waals surface area contributed by atoms with Crippen molar-refractivity contribution in [3.63, 3.8) is 0 Å². The molecule has 1 saturated heterocycles. The molecule has 0 aliphatic carbocycles. The lowest BCUT2D eigenvalue weighted by Gasteiger charge is -2.36. The number of cyclic esters (lactones) is 2. The Kier molecular flexibility index (Phi) is 7.33. The number of carbonyl (C=O) groups excluding carboxylic acids is 2. The lowest BCUT2D eigenvalue weighted by molar-refractivity contribution is -0.155. The summed E-state index contributed by atoms with van der Waals surface area (Å²) >= 11 is 0. The first-order valence-corrected chi connectivity index (χ1v) is 9.91. The Morgan fingerprint density at radius 2 is 1.23 bits per heavy atom. The second kappa shape index (κ2) is 9.95. The van der Waals surface area contributed by atoms with Crippen molar-refractivity contribution in [2.24, 2.45) is 23.7 Å². The lowest BCUT2D eigenvalue weighted by Crippen LogP contribution is -2.39. The Bertz CT molecular complexity index is 677. The van der Waals surface area contributed by atoms with E-state index in [1.807, 2.05) is 0 Å². The molecule has 0 aromatic carbocycles. The Labute approximate surface area is 176 Å². The number of methoxy groups -OCH3 is 2. The molecule has 0 radical (unpaired) electrons. The molecule has 0 amide bonds. The summed E-state index contributed by atoms with van der Waals surface area (Å²) in [6.07, 6.45) is 5.73. The van der Waals surface area contributed by atoms with Crippen LogP contribution in [0.25, 0.3) is 0 Å². The van der Waals surface area contributed by atoms with Crippen molar-refractivity contribution in [2.75, 3.05) is 27.4 Å². The zero-order valence-corrected chi connectivity index (χ0v) is 17.3. The minimum absolute atomic E-state index is 0.103. The number of rotatable bonds is 4. The lowest BCUT2D eigenvalue weighted by atomic mass is 9.81. The molecule has 8 nitrogen and oxygen atoms in total. The van der Waals surface area contributed by atoms with Crippen LogP contribution < -0.4 is 0 Å².